The number of phenolic OH excluding ortho intramolecular Hbond substituents is 2. The lowest BCUT2D eigenvalue weighted by Crippen LogP contribution is -2.64. The van der Waals surface area contributed by atoms with Crippen molar-refractivity contribution in [2.45, 2.75) is 106 Å². The van der Waals surface area contributed by atoms with Crippen molar-refractivity contribution in [2.24, 2.45) is 0 Å². The molecule has 20 nitrogen and oxygen atoms in total. The molecule has 3 saturated heterocycles. The molecule has 0 bridgehead atoms. The number of rotatable bonds is 10. The standard InChI is InChI=1S/C35H44O20/c1-11-21(38)25(42)27(44)34(51-11)54-31-22(39)12(2)50-33(29(31)46)49-10-19-23(40)26(43)28(45)35(53-19)55-32-24(41)20-16(37)8-14(47-3)9-18(20)52-30(32)13-5-6-15(36)17(7-13)48-4/h5-9,11-12,19,21-23,25-29,31,33-40,42-46H,10H2,1-4H3. The van der Waals surface area contributed by atoms with E-state index in [4.69, 9.17) is 42.3 Å². The Kier molecular flexibility index (Phi) is 12.1. The van der Waals surface area contributed by atoms with Crippen LogP contribution in [0.15, 0.2) is 39.5 Å². The first-order valence-electron chi connectivity index (χ1n) is 17.2. The monoisotopic (exact) mass is 784 g/mol. The first kappa shape index (κ1) is 40.8. The van der Waals surface area contributed by atoms with Crippen LogP contribution in [0, 0.1) is 0 Å². The Morgan fingerprint density at radius 2 is 1.33 bits per heavy atom. The van der Waals surface area contributed by atoms with Gasteiger partial charge in [-0.2, -0.15) is 0 Å². The fourth-order valence-corrected chi connectivity index (χ4v) is 6.53. The van der Waals surface area contributed by atoms with Gasteiger partial charge in [0.2, 0.25) is 17.5 Å². The second kappa shape index (κ2) is 16.3. The van der Waals surface area contributed by atoms with Gasteiger partial charge in [-0.25, -0.2) is 0 Å². The Bertz CT molecular complexity index is 1870. The number of phenols is 2. The number of methoxy groups -OCH3 is 2. The van der Waals surface area contributed by atoms with Crippen LogP contribution < -0.4 is 19.6 Å². The fraction of sp³-hybridized carbons (Fsp3) is 0.571. The summed E-state index contributed by atoms with van der Waals surface area (Å²) in [5.41, 5.74) is -0.961. The van der Waals surface area contributed by atoms with E-state index in [0.29, 0.717) is 0 Å². The van der Waals surface area contributed by atoms with Crippen LogP contribution in [0.3, 0.4) is 0 Å². The predicted molar refractivity (Wildman–Crippen MR) is 181 cm³/mol. The van der Waals surface area contributed by atoms with Crippen molar-refractivity contribution in [2.75, 3.05) is 20.8 Å². The van der Waals surface area contributed by atoms with Gasteiger partial charge in [0.05, 0.1) is 33.0 Å². The topological polar surface area (TPSA) is 306 Å². The summed E-state index contributed by atoms with van der Waals surface area (Å²) in [6.45, 7) is 2.17. The van der Waals surface area contributed by atoms with E-state index < -0.39 is 116 Å². The number of ether oxygens (including phenoxy) is 8. The van der Waals surface area contributed by atoms with Gasteiger partial charge >= 0.3 is 0 Å². The Hall–Kier alpha value is -3.87. The lowest BCUT2D eigenvalue weighted by atomic mass is 9.97. The van der Waals surface area contributed by atoms with Crippen LogP contribution >= 0.6 is 0 Å². The second-order valence-corrected chi connectivity index (χ2v) is 13.4. The fourth-order valence-electron chi connectivity index (χ4n) is 6.53. The number of benzene rings is 2. The van der Waals surface area contributed by atoms with E-state index in [1.165, 1.54) is 52.3 Å². The molecule has 3 aromatic rings. The first-order chi connectivity index (χ1) is 26.1. The van der Waals surface area contributed by atoms with Crippen molar-refractivity contribution in [3.63, 3.8) is 0 Å². The van der Waals surface area contributed by atoms with E-state index in [2.05, 4.69) is 0 Å². The molecule has 304 valence electrons. The van der Waals surface area contributed by atoms with E-state index in [9.17, 15) is 55.9 Å². The smallest absolute Gasteiger partial charge is 0.239 e. The van der Waals surface area contributed by atoms with Gasteiger partial charge < -0.3 is 93.4 Å². The predicted octanol–water partition coefficient (Wildman–Crippen LogP) is -2.23. The molecule has 0 saturated carbocycles. The van der Waals surface area contributed by atoms with E-state index in [1.54, 1.807) is 0 Å². The van der Waals surface area contributed by atoms with Crippen molar-refractivity contribution >= 4 is 11.0 Å². The number of hydrogen-bond acceptors (Lipinski definition) is 20. The zero-order valence-corrected chi connectivity index (χ0v) is 29.8. The highest BCUT2D eigenvalue weighted by Crippen LogP contribution is 2.40. The summed E-state index contributed by atoms with van der Waals surface area (Å²) in [4.78, 5) is 14.0. The van der Waals surface area contributed by atoms with Crippen LogP contribution in [0.4, 0.5) is 0 Å². The molecule has 4 heterocycles. The van der Waals surface area contributed by atoms with Crippen LogP contribution in [0.5, 0.6) is 28.7 Å². The maximum atomic E-state index is 14.0. The molecule has 2 aromatic carbocycles. The average Bonchev–Trinajstić information content (AvgIpc) is 3.16. The minimum atomic E-state index is -1.99. The summed E-state index contributed by atoms with van der Waals surface area (Å²) < 4.78 is 50.4. The van der Waals surface area contributed by atoms with Crippen LogP contribution in [-0.4, -0.2) is 164 Å². The molecule has 10 N–H and O–H groups in total. The number of aliphatic hydroxyl groups excluding tert-OH is 8. The van der Waals surface area contributed by atoms with Gasteiger partial charge in [-0.3, -0.25) is 4.79 Å². The molecule has 6 rings (SSSR count). The third-order valence-corrected chi connectivity index (χ3v) is 9.79. The molecular weight excluding hydrogens is 740 g/mol. The molecule has 1 aromatic heterocycles. The molecule has 15 atom stereocenters. The first-order valence-corrected chi connectivity index (χ1v) is 17.2. The number of aromatic hydroxyl groups is 2. The van der Waals surface area contributed by atoms with Gasteiger partial charge in [-0.15, -0.1) is 0 Å². The highest BCUT2D eigenvalue weighted by molar-refractivity contribution is 5.88. The van der Waals surface area contributed by atoms with Crippen LogP contribution in [0.2, 0.25) is 0 Å². The highest BCUT2D eigenvalue weighted by Gasteiger charge is 2.51. The number of aliphatic hydroxyl groups is 8. The summed E-state index contributed by atoms with van der Waals surface area (Å²) in [6.07, 6.45) is -24.2. The highest BCUT2D eigenvalue weighted by atomic mass is 16.7. The van der Waals surface area contributed by atoms with Crippen molar-refractivity contribution < 1.29 is 93.4 Å². The second-order valence-electron chi connectivity index (χ2n) is 13.4. The molecule has 3 aliphatic heterocycles. The zero-order valence-electron chi connectivity index (χ0n) is 29.8. The molecule has 0 aliphatic carbocycles. The Balaban J connectivity index is 1.25. The summed E-state index contributed by atoms with van der Waals surface area (Å²) in [5, 5.41) is 106. The lowest BCUT2D eigenvalue weighted by Gasteiger charge is -2.46. The summed E-state index contributed by atoms with van der Waals surface area (Å²) in [6, 6.07) is 6.41. The van der Waals surface area contributed by atoms with E-state index >= 15 is 0 Å². The molecule has 3 fully saturated rings. The lowest BCUT2D eigenvalue weighted by molar-refractivity contribution is -0.358. The van der Waals surface area contributed by atoms with Crippen molar-refractivity contribution in [1.82, 2.24) is 0 Å². The van der Waals surface area contributed by atoms with E-state index in [0.717, 1.165) is 6.07 Å². The molecule has 0 spiro atoms. The normalized spacial score (nSPS) is 36.8. The van der Waals surface area contributed by atoms with Crippen molar-refractivity contribution in [1.29, 1.82) is 0 Å². The van der Waals surface area contributed by atoms with Gasteiger partial charge in [-0.05, 0) is 32.0 Å². The number of hydrogen-bond donors (Lipinski definition) is 10. The third-order valence-electron chi connectivity index (χ3n) is 9.79. The molecule has 15 unspecified atom stereocenters. The van der Waals surface area contributed by atoms with Crippen LogP contribution in [0.25, 0.3) is 22.3 Å². The minimum absolute atomic E-state index is 0.0145. The van der Waals surface area contributed by atoms with Gasteiger partial charge in [0, 0.05) is 17.7 Å². The average molecular weight is 785 g/mol. The minimum Gasteiger partial charge on any atom is -0.507 e. The SMILES string of the molecule is COc1cc(O)c2c(=O)c(OC3OC(COC4OC(C)C(O)C(OC5OC(C)C(O)C(O)C5O)C4O)C(O)C(O)C3O)c(-c3ccc(O)c(OC)c3)oc2c1. The molecule has 3 aliphatic rings. The van der Waals surface area contributed by atoms with E-state index in [1.807, 2.05) is 0 Å². The maximum Gasteiger partial charge on any atom is 0.239 e. The summed E-state index contributed by atoms with van der Waals surface area (Å²) in [7, 11) is 2.62. The van der Waals surface area contributed by atoms with Gasteiger partial charge in [0.15, 0.2) is 29.8 Å². The Labute approximate surface area is 311 Å². The summed E-state index contributed by atoms with van der Waals surface area (Å²) in [5.74, 6) is -1.57. The van der Waals surface area contributed by atoms with Crippen LogP contribution in [0.1, 0.15) is 13.8 Å². The van der Waals surface area contributed by atoms with Gasteiger partial charge in [-0.1, -0.05) is 0 Å². The number of fused-ring (bicyclic) bond motifs is 1. The summed E-state index contributed by atoms with van der Waals surface area (Å²) >= 11 is 0. The third kappa shape index (κ3) is 7.79. The molecular formula is C35H44O20. The Morgan fingerprint density at radius 1 is 0.673 bits per heavy atom. The zero-order chi connectivity index (χ0) is 40.0. The van der Waals surface area contributed by atoms with Crippen molar-refractivity contribution in [3.8, 4) is 40.1 Å². The molecule has 0 amide bonds. The largest absolute Gasteiger partial charge is 0.507 e. The van der Waals surface area contributed by atoms with Crippen molar-refractivity contribution in [3.05, 3.63) is 40.6 Å². The molecule has 20 heteroatoms. The van der Waals surface area contributed by atoms with Gasteiger partial charge in [0.25, 0.3) is 0 Å². The Morgan fingerprint density at radius 3 is 2.02 bits per heavy atom. The molecule has 55 heavy (non-hydrogen) atoms. The quantitative estimate of drug-likeness (QED) is 0.104. The van der Waals surface area contributed by atoms with Gasteiger partial charge in [0.1, 0.15) is 83.5 Å². The van der Waals surface area contributed by atoms with E-state index in [-0.39, 0.29) is 39.5 Å². The maximum absolute atomic E-state index is 14.0. The molecule has 0 radical (unpaired) electrons. The van der Waals surface area contributed by atoms with Crippen LogP contribution in [-0.2, 0) is 23.7 Å².